The van der Waals surface area contributed by atoms with Gasteiger partial charge in [-0.1, -0.05) is 0 Å². The Labute approximate surface area is 174 Å². The molecule has 2 aromatic heterocycles. The largest absolute Gasteiger partial charge is 0.507 e. The van der Waals surface area contributed by atoms with Gasteiger partial charge in [-0.25, -0.2) is 9.97 Å². The summed E-state index contributed by atoms with van der Waals surface area (Å²) in [5, 5.41) is 9.81. The lowest BCUT2D eigenvalue weighted by atomic mass is 10.1. The lowest BCUT2D eigenvalue weighted by molar-refractivity contribution is -0.151. The number of aliphatic hydroxyl groups excluding tert-OH is 1. The van der Waals surface area contributed by atoms with Gasteiger partial charge in [-0.05, 0) is 24.3 Å². The maximum absolute atomic E-state index is 12.8. The molecule has 1 N–H and O–H groups in total. The molecule has 0 spiro atoms. The van der Waals surface area contributed by atoms with Crippen LogP contribution in [0, 0.1) is 0 Å². The molecule has 0 aliphatic carbocycles. The molecule has 0 bridgehead atoms. The van der Waals surface area contributed by atoms with E-state index in [-0.39, 0.29) is 30.3 Å². The zero-order valence-electron chi connectivity index (χ0n) is 15.2. The highest BCUT2D eigenvalue weighted by molar-refractivity contribution is 6.08. The summed E-state index contributed by atoms with van der Waals surface area (Å²) < 4.78 is 154. The highest BCUT2D eigenvalue weighted by Gasteiger charge is 2.40. The Morgan fingerprint density at radius 3 is 1.15 bits per heavy atom. The van der Waals surface area contributed by atoms with E-state index in [4.69, 9.17) is 0 Å². The normalized spacial score (nSPS) is 13.9. The van der Waals surface area contributed by atoms with Gasteiger partial charge in [0.1, 0.15) is 28.5 Å². The SMILES string of the molecule is O=C(/C=C(\O)c1cc(C(F)(F)F)nc(C(F)(F)F)c1)c1cc(C(F)(F)F)nc(C(F)(F)F)c1. The highest BCUT2D eigenvalue weighted by Crippen LogP contribution is 2.36. The molecule has 0 aromatic carbocycles. The van der Waals surface area contributed by atoms with Crippen LogP contribution in [0.1, 0.15) is 38.7 Å². The number of carbonyl (C=O) groups is 1. The van der Waals surface area contributed by atoms with Gasteiger partial charge in [-0.15, -0.1) is 0 Å². The van der Waals surface area contributed by atoms with Crippen LogP contribution in [-0.4, -0.2) is 20.9 Å². The molecular weight excluding hydrogens is 492 g/mol. The second-order valence-electron chi connectivity index (χ2n) is 6.14. The number of alkyl halides is 12. The van der Waals surface area contributed by atoms with Crippen molar-refractivity contribution in [3.05, 3.63) is 64.2 Å². The Kier molecular flexibility index (Phi) is 6.46. The first-order chi connectivity index (χ1) is 14.7. The molecule has 4 nitrogen and oxygen atoms in total. The smallest absolute Gasteiger partial charge is 0.433 e. The van der Waals surface area contributed by atoms with Crippen molar-refractivity contribution in [3.63, 3.8) is 0 Å². The zero-order chi connectivity index (χ0) is 25.6. The van der Waals surface area contributed by atoms with Gasteiger partial charge in [0.15, 0.2) is 5.78 Å². The maximum atomic E-state index is 12.8. The first kappa shape index (κ1) is 25.9. The number of pyridine rings is 2. The number of nitrogens with zero attached hydrogens (tertiary/aromatic N) is 2. The number of carbonyl (C=O) groups excluding carboxylic acids is 1. The molecule has 0 unspecified atom stereocenters. The van der Waals surface area contributed by atoms with E-state index in [0.717, 1.165) is 0 Å². The minimum atomic E-state index is -5.45. The van der Waals surface area contributed by atoms with E-state index in [2.05, 4.69) is 9.97 Å². The summed E-state index contributed by atoms with van der Waals surface area (Å²) in [5.74, 6) is -3.41. The standard InChI is InChI=1S/C17H6F12N2O2/c18-14(19,20)10-1-6(2-11(30-10)15(21,22)23)8(32)5-9(33)7-3-12(16(24,25)26)31-13(4-7)17(27,28)29/h1-5,32H/b8-5-. The second kappa shape index (κ2) is 8.22. The average molecular weight is 498 g/mol. The molecule has 0 aliphatic rings. The molecule has 0 atom stereocenters. The van der Waals surface area contributed by atoms with Crippen molar-refractivity contribution < 1.29 is 62.6 Å². The van der Waals surface area contributed by atoms with Crippen molar-refractivity contribution in [1.82, 2.24) is 9.97 Å². The predicted octanol–water partition coefficient (Wildman–Crippen LogP) is 6.33. The lowest BCUT2D eigenvalue weighted by Gasteiger charge is -2.13. The van der Waals surface area contributed by atoms with E-state index >= 15 is 0 Å². The number of hydrogen-bond donors (Lipinski definition) is 1. The Balaban J connectivity index is 2.62. The number of ketones is 1. The van der Waals surface area contributed by atoms with Crippen molar-refractivity contribution in [2.24, 2.45) is 0 Å². The fraction of sp³-hybridized carbons (Fsp3) is 0.235. The monoisotopic (exact) mass is 498 g/mol. The maximum Gasteiger partial charge on any atom is 0.433 e. The van der Waals surface area contributed by atoms with Crippen LogP contribution >= 0.6 is 0 Å². The Hall–Kier alpha value is -3.33. The fourth-order valence-electron chi connectivity index (χ4n) is 2.22. The van der Waals surface area contributed by atoms with E-state index in [0.29, 0.717) is 0 Å². The summed E-state index contributed by atoms with van der Waals surface area (Å²) in [7, 11) is 0. The molecule has 2 aromatic rings. The van der Waals surface area contributed by atoms with Crippen molar-refractivity contribution >= 4 is 11.5 Å². The molecule has 2 heterocycles. The minimum absolute atomic E-state index is 0.108. The summed E-state index contributed by atoms with van der Waals surface area (Å²) in [5.41, 5.74) is -11.2. The summed E-state index contributed by atoms with van der Waals surface area (Å²) in [4.78, 5) is 16.8. The van der Waals surface area contributed by atoms with Gasteiger partial charge < -0.3 is 5.11 Å². The minimum Gasteiger partial charge on any atom is -0.507 e. The molecule has 0 fully saturated rings. The lowest BCUT2D eigenvalue weighted by Crippen LogP contribution is -2.17. The number of allylic oxidation sites excluding steroid dienone is 1. The molecule has 0 amide bonds. The Bertz CT molecular complexity index is 1030. The second-order valence-corrected chi connectivity index (χ2v) is 6.14. The number of aliphatic hydroxyl groups is 1. The third kappa shape index (κ3) is 6.35. The van der Waals surface area contributed by atoms with E-state index in [1.165, 1.54) is 0 Å². The predicted molar refractivity (Wildman–Crippen MR) is 83.4 cm³/mol. The zero-order valence-corrected chi connectivity index (χ0v) is 15.2. The van der Waals surface area contributed by atoms with Gasteiger partial charge in [-0.2, -0.15) is 52.7 Å². The van der Waals surface area contributed by atoms with E-state index in [9.17, 15) is 62.6 Å². The third-order valence-corrected chi connectivity index (χ3v) is 3.66. The van der Waals surface area contributed by atoms with Crippen LogP contribution in [-0.2, 0) is 24.7 Å². The number of hydrogen-bond acceptors (Lipinski definition) is 4. The molecule has 33 heavy (non-hydrogen) atoms. The Morgan fingerprint density at radius 2 is 0.879 bits per heavy atom. The molecule has 0 aliphatic heterocycles. The first-order valence-electron chi connectivity index (χ1n) is 7.98. The number of aromatic nitrogens is 2. The topological polar surface area (TPSA) is 63.1 Å². The van der Waals surface area contributed by atoms with Crippen molar-refractivity contribution in [2.75, 3.05) is 0 Å². The molecule has 180 valence electrons. The van der Waals surface area contributed by atoms with Crippen LogP contribution in [0.2, 0.25) is 0 Å². The van der Waals surface area contributed by atoms with Gasteiger partial charge in [0.2, 0.25) is 0 Å². The molecule has 0 saturated heterocycles. The van der Waals surface area contributed by atoms with Crippen molar-refractivity contribution in [2.45, 2.75) is 24.7 Å². The van der Waals surface area contributed by atoms with Gasteiger partial charge in [0, 0.05) is 17.2 Å². The number of halogens is 12. The summed E-state index contributed by atoms with van der Waals surface area (Å²) >= 11 is 0. The molecule has 16 heteroatoms. The van der Waals surface area contributed by atoms with E-state index in [1.807, 2.05) is 0 Å². The van der Waals surface area contributed by atoms with Crippen LogP contribution in [0.15, 0.2) is 30.3 Å². The summed E-state index contributed by atoms with van der Waals surface area (Å²) in [6.45, 7) is 0. The summed E-state index contributed by atoms with van der Waals surface area (Å²) in [6, 6.07) is -0.501. The van der Waals surface area contributed by atoms with Crippen molar-refractivity contribution in [1.29, 1.82) is 0 Å². The van der Waals surface area contributed by atoms with Crippen LogP contribution in [0.4, 0.5) is 52.7 Å². The molecule has 2 rings (SSSR count). The molecule has 0 saturated carbocycles. The van der Waals surface area contributed by atoms with Crippen LogP contribution in [0.3, 0.4) is 0 Å². The van der Waals surface area contributed by atoms with Gasteiger partial charge in [0.25, 0.3) is 0 Å². The van der Waals surface area contributed by atoms with Crippen LogP contribution in [0.5, 0.6) is 0 Å². The van der Waals surface area contributed by atoms with Crippen LogP contribution < -0.4 is 0 Å². The number of rotatable bonds is 3. The first-order valence-corrected chi connectivity index (χ1v) is 7.98. The quantitative estimate of drug-likeness (QED) is 0.233. The molecular formula is C17H6F12N2O2. The Morgan fingerprint density at radius 1 is 0.606 bits per heavy atom. The molecule has 0 radical (unpaired) electrons. The van der Waals surface area contributed by atoms with Gasteiger partial charge in [0.05, 0.1) is 0 Å². The van der Waals surface area contributed by atoms with E-state index < -0.39 is 70.2 Å². The van der Waals surface area contributed by atoms with Gasteiger partial charge >= 0.3 is 24.7 Å². The van der Waals surface area contributed by atoms with Crippen molar-refractivity contribution in [3.8, 4) is 0 Å². The van der Waals surface area contributed by atoms with Crippen LogP contribution in [0.25, 0.3) is 5.76 Å². The van der Waals surface area contributed by atoms with Gasteiger partial charge in [-0.3, -0.25) is 4.79 Å². The third-order valence-electron chi connectivity index (χ3n) is 3.66. The van der Waals surface area contributed by atoms with E-state index in [1.54, 1.807) is 0 Å². The average Bonchev–Trinajstić information content (AvgIpc) is 2.64. The fourth-order valence-corrected chi connectivity index (χ4v) is 2.22. The summed E-state index contributed by atoms with van der Waals surface area (Å²) in [6.07, 6.45) is -21.9. The highest BCUT2D eigenvalue weighted by atomic mass is 19.4.